The second-order valence-electron chi connectivity index (χ2n) is 5.46. The summed E-state index contributed by atoms with van der Waals surface area (Å²) in [6, 6.07) is 14.5. The topological polar surface area (TPSA) is 29.5 Å². The summed E-state index contributed by atoms with van der Waals surface area (Å²) in [5.74, 6) is 0.663. The molecule has 108 valence electrons. The van der Waals surface area contributed by atoms with Gasteiger partial charge in [-0.05, 0) is 44.0 Å². The lowest BCUT2D eigenvalue weighted by Crippen LogP contribution is -2.25. The van der Waals surface area contributed by atoms with E-state index in [2.05, 4.69) is 30.0 Å². The quantitative estimate of drug-likeness (QED) is 0.797. The van der Waals surface area contributed by atoms with Crippen LogP contribution in [0.15, 0.2) is 42.5 Å². The van der Waals surface area contributed by atoms with E-state index in [0.29, 0.717) is 17.4 Å². The third-order valence-electron chi connectivity index (χ3n) is 4.04. The minimum atomic E-state index is 0.0269. The molecule has 0 amide bonds. The van der Waals surface area contributed by atoms with E-state index in [-0.39, 0.29) is 5.78 Å². The van der Waals surface area contributed by atoms with Gasteiger partial charge in [-0.2, -0.15) is 0 Å². The molecule has 0 aromatic heterocycles. The Bertz CT molecular complexity index is 693. The molecular weight excluding hydrogens is 262 g/mol. The van der Waals surface area contributed by atoms with E-state index in [1.54, 1.807) is 14.0 Å². The Kier molecular flexibility index (Phi) is 3.42. The minimum Gasteiger partial charge on any atom is -0.496 e. The molecule has 21 heavy (non-hydrogen) atoms. The molecule has 0 spiro atoms. The molecule has 2 aromatic carbocycles. The molecule has 1 aliphatic rings. The number of ether oxygens (including phenoxy) is 1. The first-order chi connectivity index (χ1) is 10.1. The molecule has 2 aromatic rings. The number of carbonyl (C=O) groups is 1. The molecule has 1 heterocycles. The van der Waals surface area contributed by atoms with Gasteiger partial charge in [-0.1, -0.05) is 24.3 Å². The van der Waals surface area contributed by atoms with Crippen molar-refractivity contribution in [3.63, 3.8) is 0 Å². The number of fused-ring (bicyclic) bond motifs is 1. The summed E-state index contributed by atoms with van der Waals surface area (Å²) in [6.07, 6.45) is 0.991. The fourth-order valence-electron chi connectivity index (χ4n) is 3.18. The van der Waals surface area contributed by atoms with Gasteiger partial charge in [-0.15, -0.1) is 0 Å². The summed E-state index contributed by atoms with van der Waals surface area (Å²) >= 11 is 0. The standard InChI is InChI=1S/C18H19NO2/c1-12-11-14-7-4-5-8-15(14)19(12)16-9-6-10-17(21-3)18(16)13(2)20/h4-10,12H,11H2,1-3H3. The van der Waals surface area contributed by atoms with Crippen molar-refractivity contribution >= 4 is 17.2 Å². The maximum Gasteiger partial charge on any atom is 0.165 e. The highest BCUT2D eigenvalue weighted by Crippen LogP contribution is 2.41. The molecule has 0 fully saturated rings. The van der Waals surface area contributed by atoms with Crippen LogP contribution in [-0.4, -0.2) is 18.9 Å². The van der Waals surface area contributed by atoms with Crippen molar-refractivity contribution in [2.45, 2.75) is 26.3 Å². The normalized spacial score (nSPS) is 16.7. The molecule has 0 bridgehead atoms. The molecule has 1 aliphatic heterocycles. The number of methoxy groups -OCH3 is 1. The van der Waals surface area contributed by atoms with Crippen molar-refractivity contribution < 1.29 is 9.53 Å². The summed E-state index contributed by atoms with van der Waals surface area (Å²) < 4.78 is 5.38. The molecule has 1 unspecified atom stereocenters. The van der Waals surface area contributed by atoms with Gasteiger partial charge in [-0.3, -0.25) is 4.79 Å². The zero-order chi connectivity index (χ0) is 15.0. The van der Waals surface area contributed by atoms with Gasteiger partial charge < -0.3 is 9.64 Å². The molecule has 1 atom stereocenters. The van der Waals surface area contributed by atoms with Crippen molar-refractivity contribution in [1.29, 1.82) is 0 Å². The Labute approximate surface area is 125 Å². The van der Waals surface area contributed by atoms with Crippen molar-refractivity contribution in [2.75, 3.05) is 12.0 Å². The van der Waals surface area contributed by atoms with Gasteiger partial charge in [0.1, 0.15) is 5.75 Å². The number of anilines is 2. The number of rotatable bonds is 3. The number of nitrogens with zero attached hydrogens (tertiary/aromatic N) is 1. The summed E-state index contributed by atoms with van der Waals surface area (Å²) in [5, 5.41) is 0. The number of Topliss-reactive ketones (excluding diaryl/α,β-unsaturated/α-hetero) is 1. The Morgan fingerprint density at radius 3 is 2.57 bits per heavy atom. The predicted octanol–water partition coefficient (Wildman–Crippen LogP) is 3.98. The van der Waals surface area contributed by atoms with E-state index in [0.717, 1.165) is 12.1 Å². The maximum absolute atomic E-state index is 12.1. The van der Waals surface area contributed by atoms with Crippen LogP contribution in [0, 0.1) is 0 Å². The van der Waals surface area contributed by atoms with Crippen LogP contribution in [0.25, 0.3) is 0 Å². The van der Waals surface area contributed by atoms with E-state index < -0.39 is 0 Å². The third kappa shape index (κ3) is 2.19. The minimum absolute atomic E-state index is 0.0269. The van der Waals surface area contributed by atoms with Crippen LogP contribution in [-0.2, 0) is 6.42 Å². The largest absolute Gasteiger partial charge is 0.496 e. The van der Waals surface area contributed by atoms with Gasteiger partial charge in [0, 0.05) is 11.7 Å². The third-order valence-corrected chi connectivity index (χ3v) is 4.04. The summed E-state index contributed by atoms with van der Waals surface area (Å²) in [5.41, 5.74) is 4.09. The first kappa shape index (κ1) is 13.7. The van der Waals surface area contributed by atoms with Crippen LogP contribution < -0.4 is 9.64 Å². The van der Waals surface area contributed by atoms with Gasteiger partial charge in [0.05, 0.1) is 18.4 Å². The van der Waals surface area contributed by atoms with Gasteiger partial charge in [0.25, 0.3) is 0 Å². The fourth-order valence-corrected chi connectivity index (χ4v) is 3.18. The van der Waals surface area contributed by atoms with Crippen LogP contribution in [0.5, 0.6) is 5.75 Å². The van der Waals surface area contributed by atoms with E-state index in [1.807, 2.05) is 24.3 Å². The smallest absolute Gasteiger partial charge is 0.165 e. The summed E-state index contributed by atoms with van der Waals surface area (Å²) in [6.45, 7) is 3.78. The highest BCUT2D eigenvalue weighted by Gasteiger charge is 2.30. The number of hydrogen-bond donors (Lipinski definition) is 0. The van der Waals surface area contributed by atoms with Crippen molar-refractivity contribution in [3.05, 3.63) is 53.6 Å². The van der Waals surface area contributed by atoms with Crippen LogP contribution in [0.4, 0.5) is 11.4 Å². The van der Waals surface area contributed by atoms with Crippen LogP contribution in [0.1, 0.15) is 29.8 Å². The van der Waals surface area contributed by atoms with Gasteiger partial charge in [-0.25, -0.2) is 0 Å². The van der Waals surface area contributed by atoms with Gasteiger partial charge in [0.15, 0.2) is 5.78 Å². The molecule has 3 rings (SSSR count). The average molecular weight is 281 g/mol. The number of carbonyl (C=O) groups excluding carboxylic acids is 1. The lowest BCUT2D eigenvalue weighted by Gasteiger charge is -2.27. The molecule has 3 nitrogen and oxygen atoms in total. The van der Waals surface area contributed by atoms with Crippen LogP contribution >= 0.6 is 0 Å². The highest BCUT2D eigenvalue weighted by molar-refractivity contribution is 6.03. The van der Waals surface area contributed by atoms with E-state index >= 15 is 0 Å². The number of para-hydroxylation sites is 1. The second kappa shape index (κ2) is 5.24. The van der Waals surface area contributed by atoms with Crippen LogP contribution in [0.2, 0.25) is 0 Å². The zero-order valence-electron chi connectivity index (χ0n) is 12.6. The zero-order valence-corrected chi connectivity index (χ0v) is 12.6. The van der Waals surface area contributed by atoms with E-state index in [1.165, 1.54) is 11.3 Å². The monoisotopic (exact) mass is 281 g/mol. The Morgan fingerprint density at radius 1 is 1.14 bits per heavy atom. The maximum atomic E-state index is 12.1. The molecule has 0 N–H and O–H groups in total. The van der Waals surface area contributed by atoms with Crippen LogP contribution in [0.3, 0.4) is 0 Å². The van der Waals surface area contributed by atoms with Crippen molar-refractivity contribution in [3.8, 4) is 5.75 Å². The fraction of sp³-hybridized carbons (Fsp3) is 0.278. The van der Waals surface area contributed by atoms with Gasteiger partial charge >= 0.3 is 0 Å². The average Bonchev–Trinajstić information content (AvgIpc) is 2.81. The molecule has 0 saturated carbocycles. The molecule has 3 heteroatoms. The molecular formula is C18H19NO2. The van der Waals surface area contributed by atoms with E-state index in [9.17, 15) is 4.79 Å². The SMILES string of the molecule is COc1cccc(N2c3ccccc3CC2C)c1C(C)=O. The number of hydrogen-bond acceptors (Lipinski definition) is 3. The van der Waals surface area contributed by atoms with Crippen molar-refractivity contribution in [2.24, 2.45) is 0 Å². The lowest BCUT2D eigenvalue weighted by molar-refractivity contribution is 0.101. The molecule has 0 saturated heterocycles. The number of benzene rings is 2. The predicted molar refractivity (Wildman–Crippen MR) is 84.7 cm³/mol. The van der Waals surface area contributed by atoms with E-state index in [4.69, 9.17) is 4.74 Å². The second-order valence-corrected chi connectivity index (χ2v) is 5.46. The van der Waals surface area contributed by atoms with Gasteiger partial charge in [0.2, 0.25) is 0 Å². The lowest BCUT2D eigenvalue weighted by atomic mass is 10.1. The van der Waals surface area contributed by atoms with Crippen molar-refractivity contribution in [1.82, 2.24) is 0 Å². The molecule has 0 aliphatic carbocycles. The Hall–Kier alpha value is -2.29. The summed E-state index contributed by atoms with van der Waals surface area (Å²) in [7, 11) is 1.60. The summed E-state index contributed by atoms with van der Waals surface area (Å²) in [4.78, 5) is 14.4. The highest BCUT2D eigenvalue weighted by atomic mass is 16.5. The first-order valence-electron chi connectivity index (χ1n) is 7.18. The molecule has 0 radical (unpaired) electrons. The first-order valence-corrected chi connectivity index (χ1v) is 7.18. The Balaban J connectivity index is 2.19. The number of ketones is 1. The Morgan fingerprint density at radius 2 is 1.86 bits per heavy atom.